The average Bonchev–Trinajstić information content (AvgIpc) is 2.31. The summed E-state index contributed by atoms with van der Waals surface area (Å²) in [5.41, 5.74) is -0.275. The Kier molecular flexibility index (Phi) is 5.74. The predicted octanol–water partition coefficient (Wildman–Crippen LogP) is 2.86. The Morgan fingerprint density at radius 2 is 1.80 bits per heavy atom. The van der Waals surface area contributed by atoms with Crippen molar-refractivity contribution in [1.29, 1.82) is 0 Å². The molecule has 2 unspecified atom stereocenters. The maximum Gasteiger partial charge on any atom is 0.257 e. The van der Waals surface area contributed by atoms with E-state index in [1.807, 2.05) is 13.8 Å². The molecule has 7 heteroatoms. The molecular weight excluding hydrogens is 309 g/mol. The maximum atomic E-state index is 13.7. The topological polar surface area (TPSA) is 32.3 Å². The summed E-state index contributed by atoms with van der Waals surface area (Å²) in [4.78, 5) is 13.7. The Morgan fingerprint density at radius 1 is 1.25 bits per heavy atom. The number of carbonyl (C=O) groups excluding carboxylic acids is 1. The summed E-state index contributed by atoms with van der Waals surface area (Å²) >= 11 is 5.47. The molecule has 2 atom stereocenters. The molecule has 1 aliphatic heterocycles. The van der Waals surface area contributed by atoms with Gasteiger partial charge in [-0.2, -0.15) is 0 Å². The molecular formula is C13H16Cl2F2N2O. The van der Waals surface area contributed by atoms with Crippen molar-refractivity contribution in [3.63, 3.8) is 0 Å². The van der Waals surface area contributed by atoms with Crippen LogP contribution in [-0.2, 0) is 0 Å². The fourth-order valence-electron chi connectivity index (χ4n) is 2.35. The molecule has 0 aliphatic carbocycles. The van der Waals surface area contributed by atoms with Crippen molar-refractivity contribution >= 4 is 29.9 Å². The van der Waals surface area contributed by atoms with Crippen LogP contribution in [0.15, 0.2) is 12.1 Å². The van der Waals surface area contributed by atoms with Gasteiger partial charge in [0.05, 0.1) is 10.6 Å². The lowest BCUT2D eigenvalue weighted by molar-refractivity contribution is 0.0668. The highest BCUT2D eigenvalue weighted by atomic mass is 35.5. The molecule has 1 aliphatic rings. The summed E-state index contributed by atoms with van der Waals surface area (Å²) in [6.07, 6.45) is 0. The lowest BCUT2D eigenvalue weighted by Crippen LogP contribution is -2.55. The molecule has 0 saturated carbocycles. The van der Waals surface area contributed by atoms with Crippen molar-refractivity contribution in [2.24, 2.45) is 0 Å². The second-order valence-electron chi connectivity index (χ2n) is 4.93. The summed E-state index contributed by atoms with van der Waals surface area (Å²) < 4.78 is 27.1. The predicted molar refractivity (Wildman–Crippen MR) is 76.6 cm³/mol. The minimum Gasteiger partial charge on any atom is -0.335 e. The van der Waals surface area contributed by atoms with E-state index in [1.165, 1.54) is 4.90 Å². The molecule has 0 radical (unpaired) electrons. The van der Waals surface area contributed by atoms with E-state index in [0.29, 0.717) is 13.1 Å². The van der Waals surface area contributed by atoms with Gasteiger partial charge in [-0.1, -0.05) is 11.6 Å². The molecule has 2 rings (SSSR count). The summed E-state index contributed by atoms with van der Waals surface area (Å²) in [5, 5.41) is 2.94. The van der Waals surface area contributed by atoms with Crippen LogP contribution in [0.25, 0.3) is 0 Å². The fourth-order valence-corrected chi connectivity index (χ4v) is 2.50. The van der Waals surface area contributed by atoms with E-state index in [4.69, 9.17) is 11.6 Å². The van der Waals surface area contributed by atoms with Crippen molar-refractivity contribution in [2.45, 2.75) is 25.9 Å². The van der Waals surface area contributed by atoms with Gasteiger partial charge in [0, 0.05) is 25.2 Å². The highest BCUT2D eigenvalue weighted by Crippen LogP contribution is 2.21. The van der Waals surface area contributed by atoms with Crippen LogP contribution in [-0.4, -0.2) is 36.0 Å². The number of hydrogen-bond acceptors (Lipinski definition) is 2. The molecule has 1 heterocycles. The lowest BCUT2D eigenvalue weighted by atomic mass is 10.1. The van der Waals surface area contributed by atoms with Crippen molar-refractivity contribution in [3.8, 4) is 0 Å². The number of nitrogens with one attached hydrogen (secondary N) is 1. The van der Waals surface area contributed by atoms with Crippen LogP contribution in [0.5, 0.6) is 0 Å². The second-order valence-corrected chi connectivity index (χ2v) is 5.33. The number of amides is 1. The first-order chi connectivity index (χ1) is 8.88. The number of rotatable bonds is 1. The van der Waals surface area contributed by atoms with Gasteiger partial charge in [0.15, 0.2) is 0 Å². The Morgan fingerprint density at radius 3 is 2.35 bits per heavy atom. The van der Waals surface area contributed by atoms with Crippen LogP contribution in [0, 0.1) is 11.6 Å². The first kappa shape index (κ1) is 17.1. The number of carbonyl (C=O) groups is 1. The molecule has 112 valence electrons. The summed E-state index contributed by atoms with van der Waals surface area (Å²) in [7, 11) is 0. The molecule has 1 aromatic rings. The van der Waals surface area contributed by atoms with E-state index in [-0.39, 0.29) is 35.1 Å². The van der Waals surface area contributed by atoms with Crippen molar-refractivity contribution in [3.05, 3.63) is 34.4 Å². The van der Waals surface area contributed by atoms with Crippen molar-refractivity contribution in [1.82, 2.24) is 10.2 Å². The highest BCUT2D eigenvalue weighted by molar-refractivity contribution is 6.30. The van der Waals surface area contributed by atoms with Crippen molar-refractivity contribution in [2.75, 3.05) is 13.1 Å². The second kappa shape index (κ2) is 6.70. The van der Waals surface area contributed by atoms with E-state index in [1.54, 1.807) is 0 Å². The number of nitrogens with zero attached hydrogens (tertiary/aromatic N) is 1. The van der Waals surface area contributed by atoms with Gasteiger partial charge < -0.3 is 10.2 Å². The van der Waals surface area contributed by atoms with Gasteiger partial charge in [-0.15, -0.1) is 12.4 Å². The van der Waals surface area contributed by atoms with Gasteiger partial charge >= 0.3 is 0 Å². The molecule has 0 aromatic heterocycles. The largest absolute Gasteiger partial charge is 0.335 e. The smallest absolute Gasteiger partial charge is 0.257 e. The van der Waals surface area contributed by atoms with E-state index in [0.717, 1.165) is 12.1 Å². The Labute approximate surface area is 127 Å². The normalized spacial score (nSPS) is 22.4. The zero-order valence-electron chi connectivity index (χ0n) is 11.1. The third kappa shape index (κ3) is 3.59. The standard InChI is InChI=1S/C13H15ClF2N2O.ClH/c1-7-5-18(6-8(2)17-7)13(19)9-3-12(16)10(14)4-11(9)15;/h3-4,7-8,17H,5-6H2,1-2H3;1H. The zero-order valence-corrected chi connectivity index (χ0v) is 12.7. The van der Waals surface area contributed by atoms with Gasteiger partial charge in [-0.3, -0.25) is 4.79 Å². The third-order valence-corrected chi connectivity index (χ3v) is 3.37. The first-order valence-corrected chi connectivity index (χ1v) is 6.46. The summed E-state index contributed by atoms with van der Waals surface area (Å²) in [6, 6.07) is 1.93. The zero-order chi connectivity index (χ0) is 14.2. The van der Waals surface area contributed by atoms with Gasteiger partial charge in [0.1, 0.15) is 11.6 Å². The van der Waals surface area contributed by atoms with Gasteiger partial charge in [-0.25, -0.2) is 8.78 Å². The Balaban J connectivity index is 0.00000200. The van der Waals surface area contributed by atoms with Crippen LogP contribution in [0.2, 0.25) is 5.02 Å². The van der Waals surface area contributed by atoms with Crippen LogP contribution in [0.4, 0.5) is 8.78 Å². The summed E-state index contributed by atoms with van der Waals surface area (Å²) in [6.45, 7) is 4.81. The van der Waals surface area contributed by atoms with Crippen LogP contribution < -0.4 is 5.32 Å². The molecule has 1 N–H and O–H groups in total. The number of benzene rings is 1. The minimum absolute atomic E-state index is 0. The summed E-state index contributed by atoms with van der Waals surface area (Å²) in [5.74, 6) is -2.09. The first-order valence-electron chi connectivity index (χ1n) is 6.08. The van der Waals surface area contributed by atoms with Gasteiger partial charge in [0.25, 0.3) is 5.91 Å². The molecule has 3 nitrogen and oxygen atoms in total. The average molecular weight is 325 g/mol. The number of hydrogen-bond donors (Lipinski definition) is 1. The van der Waals surface area contributed by atoms with Crippen LogP contribution in [0.1, 0.15) is 24.2 Å². The molecule has 0 bridgehead atoms. The van der Waals surface area contributed by atoms with Gasteiger partial charge in [-0.05, 0) is 26.0 Å². The van der Waals surface area contributed by atoms with E-state index < -0.39 is 17.5 Å². The van der Waals surface area contributed by atoms with Crippen molar-refractivity contribution < 1.29 is 13.6 Å². The van der Waals surface area contributed by atoms with E-state index in [2.05, 4.69) is 5.32 Å². The molecule has 1 fully saturated rings. The Bertz CT molecular complexity index is 503. The molecule has 1 saturated heterocycles. The highest BCUT2D eigenvalue weighted by Gasteiger charge is 2.27. The molecule has 1 aromatic carbocycles. The monoisotopic (exact) mass is 324 g/mol. The molecule has 0 spiro atoms. The molecule has 20 heavy (non-hydrogen) atoms. The number of halogens is 4. The van der Waals surface area contributed by atoms with Gasteiger partial charge in [0.2, 0.25) is 0 Å². The SMILES string of the molecule is CC1CN(C(=O)c2cc(F)c(Cl)cc2F)CC(C)N1.Cl. The number of piperazine rings is 1. The van der Waals surface area contributed by atoms with E-state index >= 15 is 0 Å². The molecule has 1 amide bonds. The minimum atomic E-state index is -0.796. The maximum absolute atomic E-state index is 13.7. The van der Waals surface area contributed by atoms with E-state index in [9.17, 15) is 13.6 Å². The Hall–Kier alpha value is -0.910. The third-order valence-electron chi connectivity index (χ3n) is 3.09. The van der Waals surface area contributed by atoms with Crippen LogP contribution in [0.3, 0.4) is 0 Å². The quantitative estimate of drug-likeness (QED) is 0.806. The fraction of sp³-hybridized carbons (Fsp3) is 0.462. The lowest BCUT2D eigenvalue weighted by Gasteiger charge is -2.36. The van der Waals surface area contributed by atoms with Crippen LogP contribution >= 0.6 is 24.0 Å².